The minimum Gasteiger partial charge on any atom is -0.446 e. The zero-order valence-corrected chi connectivity index (χ0v) is 31.7. The van der Waals surface area contributed by atoms with Gasteiger partial charge in [0.2, 0.25) is 0 Å². The van der Waals surface area contributed by atoms with Crippen molar-refractivity contribution in [3.8, 4) is 0 Å². The van der Waals surface area contributed by atoms with E-state index in [-0.39, 0.29) is 42.4 Å². The van der Waals surface area contributed by atoms with Crippen LogP contribution in [-0.2, 0) is 9.47 Å². The topological polar surface area (TPSA) is 90.8 Å². The lowest BCUT2D eigenvalue weighted by atomic mass is 9.47. The van der Waals surface area contributed by atoms with Crippen molar-refractivity contribution in [2.75, 3.05) is 39.4 Å². The number of carbonyl (C=O) groups is 1. The van der Waals surface area contributed by atoms with Gasteiger partial charge in [0.25, 0.3) is 0 Å². The first-order chi connectivity index (χ1) is 21.1. The number of nitrogens with two attached hydrogens (primary N) is 2. The first-order valence-electron chi connectivity index (χ1n) is 18.8. The normalized spacial score (nSPS) is 32.3. The fraction of sp³-hybridized carbons (Fsp3) is 0.921. The van der Waals surface area contributed by atoms with E-state index in [1.807, 2.05) is 4.90 Å². The molecule has 3 fully saturated rings. The molecule has 4 N–H and O–H groups in total. The summed E-state index contributed by atoms with van der Waals surface area (Å²) < 4.78 is 11.9. The first kappa shape index (κ1) is 41.6. The minimum atomic E-state index is -0.154. The maximum atomic E-state index is 13.3. The van der Waals surface area contributed by atoms with Crippen molar-refractivity contribution in [3.63, 3.8) is 0 Å². The van der Waals surface area contributed by atoms with E-state index in [0.29, 0.717) is 38.2 Å². The molecule has 0 unspecified atom stereocenters. The van der Waals surface area contributed by atoms with Crippen LogP contribution in [0.4, 0.5) is 4.79 Å². The van der Waals surface area contributed by atoms with Crippen LogP contribution in [0.2, 0.25) is 0 Å². The molecule has 4 aliphatic carbocycles. The summed E-state index contributed by atoms with van der Waals surface area (Å²) in [4.78, 5) is 15.2. The smallest absolute Gasteiger partial charge is 0.410 e. The van der Waals surface area contributed by atoms with Crippen LogP contribution < -0.4 is 11.5 Å². The van der Waals surface area contributed by atoms with Crippen LogP contribution in [0.15, 0.2) is 11.6 Å². The number of fused-ring (bicyclic) bond motifs is 5. The number of rotatable bonds is 17. The Labute approximate surface area is 295 Å². The average Bonchev–Trinajstić information content (AvgIpc) is 3.35. The summed E-state index contributed by atoms with van der Waals surface area (Å²) in [5.41, 5.74) is 13.7. The number of carbonyl (C=O) groups excluding carboxylic acids is 1. The summed E-state index contributed by atoms with van der Waals surface area (Å²) in [5, 5.41) is 0. The quantitative estimate of drug-likeness (QED) is 0.118. The van der Waals surface area contributed by atoms with E-state index >= 15 is 0 Å². The molecule has 0 aliphatic heterocycles. The van der Waals surface area contributed by atoms with Gasteiger partial charge in [0.15, 0.2) is 0 Å². The number of hydrogen-bond donors (Lipinski definition) is 2. The molecule has 3 saturated carbocycles. The Hall–Kier alpha value is -0.530. The van der Waals surface area contributed by atoms with Gasteiger partial charge in [-0.15, -0.1) is 24.8 Å². The van der Waals surface area contributed by atoms with Gasteiger partial charge in [-0.05, 0) is 130 Å². The molecule has 0 bridgehead atoms. The van der Waals surface area contributed by atoms with Crippen molar-refractivity contribution >= 4 is 30.9 Å². The van der Waals surface area contributed by atoms with Crippen molar-refractivity contribution in [2.24, 2.45) is 57.8 Å². The number of ether oxygens (including phenoxy) is 2. The fourth-order valence-electron chi connectivity index (χ4n) is 10.3. The van der Waals surface area contributed by atoms with E-state index < -0.39 is 0 Å². The maximum absolute atomic E-state index is 13.3. The molecular formula is C38H71Cl2N3O3. The molecule has 0 spiro atoms. The molecule has 0 saturated heterocycles. The molecule has 6 nitrogen and oxygen atoms in total. The lowest BCUT2D eigenvalue weighted by Gasteiger charge is -2.58. The number of allylic oxidation sites excluding steroid dienone is 1. The Kier molecular flexibility index (Phi) is 17.7. The van der Waals surface area contributed by atoms with Crippen LogP contribution in [0.3, 0.4) is 0 Å². The summed E-state index contributed by atoms with van der Waals surface area (Å²) in [6.45, 7) is 16.6. The van der Waals surface area contributed by atoms with E-state index in [1.165, 1.54) is 51.4 Å². The molecule has 46 heavy (non-hydrogen) atoms. The van der Waals surface area contributed by atoms with Crippen molar-refractivity contribution in [1.29, 1.82) is 0 Å². The lowest BCUT2D eigenvalue weighted by molar-refractivity contribution is -0.0593. The van der Waals surface area contributed by atoms with Gasteiger partial charge in [0.1, 0.15) is 6.10 Å². The van der Waals surface area contributed by atoms with Crippen LogP contribution in [0.1, 0.15) is 131 Å². The predicted octanol–water partition coefficient (Wildman–Crippen LogP) is 9.17. The molecule has 8 heteroatoms. The molecule has 270 valence electrons. The van der Waals surface area contributed by atoms with Crippen molar-refractivity contribution in [2.45, 2.75) is 137 Å². The number of amides is 1. The van der Waals surface area contributed by atoms with Gasteiger partial charge in [0.05, 0.1) is 0 Å². The van der Waals surface area contributed by atoms with Gasteiger partial charge in [0, 0.05) is 32.7 Å². The molecule has 0 aromatic carbocycles. The van der Waals surface area contributed by atoms with Crippen LogP contribution in [-0.4, -0.2) is 56.5 Å². The van der Waals surface area contributed by atoms with E-state index in [9.17, 15) is 4.79 Å². The Balaban J connectivity index is 0.00000368. The van der Waals surface area contributed by atoms with Gasteiger partial charge >= 0.3 is 6.09 Å². The van der Waals surface area contributed by atoms with Crippen LogP contribution >= 0.6 is 24.8 Å². The highest BCUT2D eigenvalue weighted by atomic mass is 35.5. The predicted molar refractivity (Wildman–Crippen MR) is 197 cm³/mol. The van der Waals surface area contributed by atoms with E-state index in [1.54, 1.807) is 5.57 Å². The molecule has 0 aromatic heterocycles. The first-order valence-corrected chi connectivity index (χ1v) is 18.8. The third-order valence-electron chi connectivity index (χ3n) is 12.9. The molecule has 0 aromatic rings. The SMILES string of the molecule is CC(C)CCC[C@@H](C)[C@H]1CC[C@H]2[C@@H]3CC=C4C[C@@H](OC(=O)N(CCCN)CCCCOCCCN)CC[C@]4(C)[C@H]3CC[C@]12C.Cl.Cl. The van der Waals surface area contributed by atoms with E-state index in [4.69, 9.17) is 20.9 Å². The van der Waals surface area contributed by atoms with Crippen LogP contribution in [0.25, 0.3) is 0 Å². The lowest BCUT2D eigenvalue weighted by Crippen LogP contribution is -2.51. The van der Waals surface area contributed by atoms with Gasteiger partial charge in [-0.3, -0.25) is 0 Å². The monoisotopic (exact) mass is 687 g/mol. The average molecular weight is 689 g/mol. The number of unbranched alkanes of at least 4 members (excludes halogenated alkanes) is 1. The molecule has 8 atom stereocenters. The number of nitrogens with zero attached hydrogens (tertiary/aromatic N) is 1. The van der Waals surface area contributed by atoms with E-state index in [0.717, 1.165) is 87.1 Å². The Bertz CT molecular complexity index is 935. The number of halogens is 2. The fourth-order valence-corrected chi connectivity index (χ4v) is 10.3. The van der Waals surface area contributed by atoms with E-state index in [2.05, 4.69) is 40.7 Å². The maximum Gasteiger partial charge on any atom is 0.410 e. The van der Waals surface area contributed by atoms with Crippen LogP contribution in [0.5, 0.6) is 0 Å². The van der Waals surface area contributed by atoms with Gasteiger partial charge in [-0.1, -0.05) is 65.5 Å². The second-order valence-electron chi connectivity index (χ2n) is 16.1. The van der Waals surface area contributed by atoms with Crippen molar-refractivity contribution in [3.05, 3.63) is 11.6 Å². The molecule has 4 aliphatic rings. The van der Waals surface area contributed by atoms with Crippen LogP contribution in [0, 0.1) is 46.3 Å². The Morgan fingerprint density at radius 2 is 1.61 bits per heavy atom. The highest BCUT2D eigenvalue weighted by molar-refractivity contribution is 5.85. The molecule has 0 radical (unpaired) electrons. The summed E-state index contributed by atoms with van der Waals surface area (Å²) in [7, 11) is 0. The van der Waals surface area contributed by atoms with Gasteiger partial charge < -0.3 is 25.8 Å². The standard InChI is InChI=1S/C38H69N3O3.2ClH/c1-28(2)11-8-12-29(3)33-15-16-34-32-14-13-30-27-31(17-19-37(30,4)35(32)18-20-38(33,34)5)44-36(42)41(24-9-21-39)23-6-7-25-43-26-10-22-40;;/h13,28-29,31-35H,6-12,14-27,39-40H2,1-5H3;2*1H/t29-,31+,32+,33-,34+,35+,37+,38-;;/m1../s1. The van der Waals surface area contributed by atoms with Crippen molar-refractivity contribution in [1.82, 2.24) is 4.90 Å². The third kappa shape index (κ3) is 10.0. The number of hydrogen-bond acceptors (Lipinski definition) is 5. The third-order valence-corrected chi connectivity index (χ3v) is 12.9. The zero-order chi connectivity index (χ0) is 31.7. The molecule has 0 heterocycles. The van der Waals surface area contributed by atoms with Gasteiger partial charge in [-0.2, -0.15) is 0 Å². The molecule has 1 amide bonds. The van der Waals surface area contributed by atoms with Crippen molar-refractivity contribution < 1.29 is 14.3 Å². The summed E-state index contributed by atoms with van der Waals surface area (Å²) in [5.74, 6) is 5.09. The molecule has 4 rings (SSSR count). The molecular weight excluding hydrogens is 617 g/mol. The highest BCUT2D eigenvalue weighted by Crippen LogP contribution is 2.67. The summed E-state index contributed by atoms with van der Waals surface area (Å²) in [6, 6.07) is 0. The summed E-state index contributed by atoms with van der Waals surface area (Å²) in [6.07, 6.45) is 20.2. The highest BCUT2D eigenvalue weighted by Gasteiger charge is 2.59. The zero-order valence-electron chi connectivity index (χ0n) is 30.1. The second kappa shape index (κ2) is 19.6. The summed E-state index contributed by atoms with van der Waals surface area (Å²) >= 11 is 0. The largest absolute Gasteiger partial charge is 0.446 e. The minimum absolute atomic E-state index is 0. The Morgan fingerprint density at radius 1 is 0.891 bits per heavy atom. The second-order valence-corrected chi connectivity index (χ2v) is 16.1. The van der Waals surface area contributed by atoms with Gasteiger partial charge in [-0.25, -0.2) is 4.79 Å². The Morgan fingerprint density at radius 3 is 2.33 bits per heavy atom.